The lowest BCUT2D eigenvalue weighted by atomic mass is 10.1. The van der Waals surface area contributed by atoms with E-state index < -0.39 is 0 Å². The van der Waals surface area contributed by atoms with Gasteiger partial charge in [-0.15, -0.1) is 0 Å². The highest BCUT2D eigenvalue weighted by atomic mass is 16.3. The topological polar surface area (TPSA) is 91.1 Å². The summed E-state index contributed by atoms with van der Waals surface area (Å²) in [6.45, 7) is 3.34. The molecule has 3 heterocycles. The average Bonchev–Trinajstić information content (AvgIpc) is 3.23. The molecule has 4 amide bonds. The van der Waals surface area contributed by atoms with Gasteiger partial charge in [0.2, 0.25) is 17.7 Å². The maximum Gasteiger partial charge on any atom is 0.257 e. The number of aryl methyl sites for hydroxylation is 1. The largest absolute Gasteiger partial charge is 0.469 e. The van der Waals surface area contributed by atoms with E-state index in [2.05, 4.69) is 0 Å². The fourth-order valence-corrected chi connectivity index (χ4v) is 3.17. The second-order valence-corrected chi connectivity index (χ2v) is 6.16. The Balaban J connectivity index is 1.55. The van der Waals surface area contributed by atoms with Crippen LogP contribution in [-0.2, 0) is 20.8 Å². The predicted molar refractivity (Wildman–Crippen MR) is 86.5 cm³/mol. The van der Waals surface area contributed by atoms with Crippen molar-refractivity contribution >= 4 is 23.6 Å². The number of nitrogens with zero attached hydrogens (tertiary/aromatic N) is 3. The number of hydrogen-bond donors (Lipinski definition) is 0. The number of carbonyl (C=O) groups is 4. The van der Waals surface area contributed by atoms with Crippen LogP contribution in [0, 0.1) is 0 Å². The zero-order chi connectivity index (χ0) is 18.0. The maximum atomic E-state index is 12.5. The van der Waals surface area contributed by atoms with Gasteiger partial charge in [-0.1, -0.05) is 6.92 Å². The van der Waals surface area contributed by atoms with Crippen LogP contribution in [0.2, 0.25) is 0 Å². The van der Waals surface area contributed by atoms with Crippen LogP contribution in [0.3, 0.4) is 0 Å². The molecular weight excluding hydrogens is 326 g/mol. The van der Waals surface area contributed by atoms with Crippen molar-refractivity contribution in [1.29, 1.82) is 0 Å². The van der Waals surface area contributed by atoms with Crippen molar-refractivity contribution in [3.8, 4) is 0 Å². The average molecular weight is 347 g/mol. The lowest BCUT2D eigenvalue weighted by Gasteiger charge is -2.35. The number of rotatable bonds is 4. The molecule has 8 nitrogen and oxygen atoms in total. The van der Waals surface area contributed by atoms with Crippen molar-refractivity contribution in [3.05, 3.63) is 23.7 Å². The Morgan fingerprint density at radius 3 is 2.24 bits per heavy atom. The van der Waals surface area contributed by atoms with E-state index in [1.165, 1.54) is 6.26 Å². The van der Waals surface area contributed by atoms with E-state index in [-0.39, 0.29) is 43.0 Å². The Labute approximate surface area is 145 Å². The molecule has 0 aromatic carbocycles. The Morgan fingerprint density at radius 1 is 1.04 bits per heavy atom. The van der Waals surface area contributed by atoms with Gasteiger partial charge < -0.3 is 14.2 Å². The van der Waals surface area contributed by atoms with Crippen LogP contribution in [-0.4, -0.2) is 71.1 Å². The summed E-state index contributed by atoms with van der Waals surface area (Å²) in [7, 11) is 0. The molecule has 0 unspecified atom stereocenters. The maximum absolute atomic E-state index is 12.5. The molecule has 25 heavy (non-hydrogen) atoms. The molecule has 2 aliphatic rings. The van der Waals surface area contributed by atoms with E-state index >= 15 is 0 Å². The molecule has 1 aromatic rings. The van der Waals surface area contributed by atoms with E-state index in [1.54, 1.807) is 15.9 Å². The number of imide groups is 1. The summed E-state index contributed by atoms with van der Waals surface area (Å²) in [5.74, 6) is -0.274. The molecule has 0 saturated carbocycles. The first-order chi connectivity index (χ1) is 12.0. The summed E-state index contributed by atoms with van der Waals surface area (Å²) in [4.78, 5) is 52.4. The third-order valence-electron chi connectivity index (χ3n) is 4.66. The van der Waals surface area contributed by atoms with E-state index in [1.807, 2.05) is 6.92 Å². The van der Waals surface area contributed by atoms with Crippen LogP contribution in [0.5, 0.6) is 0 Å². The Kier molecular flexibility index (Phi) is 4.87. The van der Waals surface area contributed by atoms with Crippen molar-refractivity contribution < 1.29 is 23.6 Å². The SMILES string of the molecule is CCc1occc1C(=O)N1CCN(C(=O)CN2C(=O)CCC2=O)CC1. The van der Waals surface area contributed by atoms with Crippen molar-refractivity contribution in [2.24, 2.45) is 0 Å². The van der Waals surface area contributed by atoms with Gasteiger partial charge in [-0.3, -0.25) is 24.1 Å². The second-order valence-electron chi connectivity index (χ2n) is 6.16. The smallest absolute Gasteiger partial charge is 0.257 e. The number of carbonyl (C=O) groups excluding carboxylic acids is 4. The highest BCUT2D eigenvalue weighted by Gasteiger charge is 2.33. The van der Waals surface area contributed by atoms with Gasteiger partial charge in [-0.05, 0) is 6.07 Å². The van der Waals surface area contributed by atoms with E-state index in [9.17, 15) is 19.2 Å². The molecule has 0 spiro atoms. The molecule has 1 aromatic heterocycles. The van der Waals surface area contributed by atoms with Gasteiger partial charge >= 0.3 is 0 Å². The Bertz CT molecular complexity index is 687. The number of piperazine rings is 1. The number of likely N-dealkylation sites (tertiary alicyclic amines) is 1. The predicted octanol–water partition coefficient (Wildman–Crippen LogP) is 0.275. The van der Waals surface area contributed by atoms with Crippen LogP contribution in [0.1, 0.15) is 35.9 Å². The molecule has 0 aliphatic carbocycles. The lowest BCUT2D eigenvalue weighted by molar-refractivity contribution is -0.146. The summed E-state index contributed by atoms with van der Waals surface area (Å²) < 4.78 is 5.30. The number of amides is 4. The van der Waals surface area contributed by atoms with Crippen molar-refractivity contribution in [2.75, 3.05) is 32.7 Å². The molecule has 0 radical (unpaired) electrons. The fraction of sp³-hybridized carbons (Fsp3) is 0.529. The van der Waals surface area contributed by atoms with Crippen molar-refractivity contribution in [1.82, 2.24) is 14.7 Å². The van der Waals surface area contributed by atoms with Crippen LogP contribution in [0.15, 0.2) is 16.7 Å². The molecule has 0 atom stereocenters. The molecule has 0 bridgehead atoms. The molecule has 0 N–H and O–H groups in total. The Morgan fingerprint density at radius 2 is 1.64 bits per heavy atom. The van der Waals surface area contributed by atoms with Gasteiger partial charge in [-0.25, -0.2) is 0 Å². The first-order valence-corrected chi connectivity index (χ1v) is 8.48. The Hall–Kier alpha value is -2.64. The molecule has 3 rings (SSSR count). The second kappa shape index (κ2) is 7.08. The number of furan rings is 1. The lowest BCUT2D eigenvalue weighted by Crippen LogP contribution is -2.53. The van der Waals surface area contributed by atoms with E-state index in [0.717, 1.165) is 4.90 Å². The van der Waals surface area contributed by atoms with Gasteiger partial charge in [0.1, 0.15) is 12.3 Å². The van der Waals surface area contributed by atoms with Gasteiger partial charge in [-0.2, -0.15) is 0 Å². The minimum absolute atomic E-state index is 0.0948. The monoisotopic (exact) mass is 347 g/mol. The molecular formula is C17H21N3O5. The first kappa shape index (κ1) is 17.2. The van der Waals surface area contributed by atoms with Crippen LogP contribution < -0.4 is 0 Å². The van der Waals surface area contributed by atoms with Crippen LogP contribution in [0.25, 0.3) is 0 Å². The normalized spacial score (nSPS) is 18.2. The van der Waals surface area contributed by atoms with Gasteiger partial charge in [0.15, 0.2) is 0 Å². The third-order valence-corrected chi connectivity index (χ3v) is 4.66. The molecule has 2 saturated heterocycles. The minimum Gasteiger partial charge on any atom is -0.469 e. The summed E-state index contributed by atoms with van der Waals surface area (Å²) in [5, 5.41) is 0. The van der Waals surface area contributed by atoms with Crippen LogP contribution >= 0.6 is 0 Å². The fourth-order valence-electron chi connectivity index (χ4n) is 3.17. The molecule has 2 aliphatic heterocycles. The van der Waals surface area contributed by atoms with E-state index in [0.29, 0.717) is 43.9 Å². The molecule has 8 heteroatoms. The molecule has 2 fully saturated rings. The van der Waals surface area contributed by atoms with Crippen LogP contribution in [0.4, 0.5) is 0 Å². The minimum atomic E-state index is -0.292. The molecule has 134 valence electrons. The summed E-state index contributed by atoms with van der Waals surface area (Å²) in [6, 6.07) is 1.67. The van der Waals surface area contributed by atoms with Gasteiger partial charge in [0.25, 0.3) is 5.91 Å². The quantitative estimate of drug-likeness (QED) is 0.730. The highest BCUT2D eigenvalue weighted by Crippen LogP contribution is 2.16. The zero-order valence-corrected chi connectivity index (χ0v) is 14.2. The van der Waals surface area contributed by atoms with Crippen molar-refractivity contribution in [2.45, 2.75) is 26.2 Å². The highest BCUT2D eigenvalue weighted by molar-refractivity contribution is 6.04. The van der Waals surface area contributed by atoms with Crippen molar-refractivity contribution in [3.63, 3.8) is 0 Å². The van der Waals surface area contributed by atoms with Gasteiger partial charge in [0.05, 0.1) is 11.8 Å². The standard InChI is InChI=1S/C17H21N3O5/c1-2-13-12(5-10-25-13)17(24)19-8-6-18(7-9-19)16(23)11-20-14(21)3-4-15(20)22/h5,10H,2-4,6-9,11H2,1H3. The van der Waals surface area contributed by atoms with E-state index in [4.69, 9.17) is 4.42 Å². The third kappa shape index (κ3) is 3.42. The first-order valence-electron chi connectivity index (χ1n) is 8.48. The zero-order valence-electron chi connectivity index (χ0n) is 14.2. The summed E-state index contributed by atoms with van der Waals surface area (Å²) >= 11 is 0. The number of hydrogen-bond acceptors (Lipinski definition) is 5. The summed E-state index contributed by atoms with van der Waals surface area (Å²) in [5.41, 5.74) is 0.565. The van der Waals surface area contributed by atoms with Gasteiger partial charge in [0, 0.05) is 45.4 Å². The summed E-state index contributed by atoms with van der Waals surface area (Å²) in [6.07, 6.45) is 2.51.